The summed E-state index contributed by atoms with van der Waals surface area (Å²) in [6.07, 6.45) is 0.964. The second-order valence-electron chi connectivity index (χ2n) is 6.26. The van der Waals surface area contributed by atoms with E-state index in [4.69, 9.17) is 0 Å². The van der Waals surface area contributed by atoms with Crippen molar-refractivity contribution in [2.75, 3.05) is 5.32 Å². The van der Waals surface area contributed by atoms with Crippen LogP contribution in [-0.2, 0) is 9.59 Å². The van der Waals surface area contributed by atoms with Gasteiger partial charge in [-0.25, -0.2) is 0 Å². The molecule has 0 saturated heterocycles. The molecule has 2 unspecified atom stereocenters. The highest BCUT2D eigenvalue weighted by atomic mass is 16.4. The van der Waals surface area contributed by atoms with Crippen LogP contribution in [0.2, 0.25) is 0 Å². The highest BCUT2D eigenvalue weighted by Crippen LogP contribution is 2.35. The zero-order valence-corrected chi connectivity index (χ0v) is 13.6. The van der Waals surface area contributed by atoms with Crippen molar-refractivity contribution in [1.82, 2.24) is 0 Å². The number of aryl methyl sites for hydroxylation is 1. The van der Waals surface area contributed by atoms with E-state index in [0.717, 1.165) is 28.0 Å². The lowest BCUT2D eigenvalue weighted by Crippen LogP contribution is -2.36. The first-order valence-corrected chi connectivity index (χ1v) is 7.56. The summed E-state index contributed by atoms with van der Waals surface area (Å²) >= 11 is 0. The number of hydrogen-bond acceptors (Lipinski definition) is 2. The van der Waals surface area contributed by atoms with Gasteiger partial charge in [0.2, 0.25) is 5.91 Å². The Balaban J connectivity index is 2.24. The Kier molecular flexibility index (Phi) is 4.69. The van der Waals surface area contributed by atoms with Crippen LogP contribution in [0, 0.1) is 25.7 Å². The van der Waals surface area contributed by atoms with Gasteiger partial charge in [-0.3, -0.25) is 9.59 Å². The van der Waals surface area contributed by atoms with Crippen LogP contribution in [0.5, 0.6) is 0 Å². The average Bonchev–Trinajstić information content (AvgIpc) is 2.46. The fourth-order valence-electron chi connectivity index (χ4n) is 2.94. The fraction of sp³-hybridized carbons (Fsp3) is 0.444. The van der Waals surface area contributed by atoms with Crippen LogP contribution in [0.15, 0.2) is 29.3 Å². The van der Waals surface area contributed by atoms with Crippen LogP contribution in [0.25, 0.3) is 0 Å². The Hall–Kier alpha value is -2.10. The van der Waals surface area contributed by atoms with Crippen molar-refractivity contribution in [2.24, 2.45) is 11.8 Å². The second kappa shape index (κ2) is 6.34. The van der Waals surface area contributed by atoms with Crippen LogP contribution >= 0.6 is 0 Å². The highest BCUT2D eigenvalue weighted by Gasteiger charge is 2.37. The number of carboxylic acid groups (broad SMARTS) is 1. The third-order valence-electron chi connectivity index (χ3n) is 4.78. The van der Waals surface area contributed by atoms with Gasteiger partial charge in [-0.05, 0) is 57.7 Å². The Morgan fingerprint density at radius 1 is 1.05 bits per heavy atom. The Labute approximate surface area is 131 Å². The normalized spacial score (nSPS) is 21.6. The molecular formula is C18H23NO3. The zero-order chi connectivity index (χ0) is 16.4. The van der Waals surface area contributed by atoms with Crippen molar-refractivity contribution in [3.05, 3.63) is 40.5 Å². The number of carboxylic acids is 1. The first-order chi connectivity index (χ1) is 10.3. The van der Waals surface area contributed by atoms with E-state index in [1.54, 1.807) is 0 Å². The molecule has 0 saturated carbocycles. The molecule has 0 radical (unpaired) electrons. The Morgan fingerprint density at radius 3 is 2.23 bits per heavy atom. The molecule has 2 atom stereocenters. The van der Waals surface area contributed by atoms with Crippen LogP contribution < -0.4 is 5.32 Å². The van der Waals surface area contributed by atoms with Gasteiger partial charge in [0.05, 0.1) is 11.8 Å². The van der Waals surface area contributed by atoms with Gasteiger partial charge in [0.25, 0.3) is 0 Å². The SMILES string of the molecule is CC1=C(C)CC(C(=O)Nc2cccc(C)c2C)C(C(=O)O)C1. The minimum Gasteiger partial charge on any atom is -0.481 e. The van der Waals surface area contributed by atoms with E-state index >= 15 is 0 Å². The van der Waals surface area contributed by atoms with E-state index in [0.29, 0.717) is 12.8 Å². The molecule has 0 heterocycles. The lowest BCUT2D eigenvalue weighted by Gasteiger charge is -2.29. The predicted molar refractivity (Wildman–Crippen MR) is 86.8 cm³/mol. The summed E-state index contributed by atoms with van der Waals surface area (Å²) in [6, 6.07) is 5.73. The van der Waals surface area contributed by atoms with Gasteiger partial charge in [-0.2, -0.15) is 0 Å². The molecular weight excluding hydrogens is 278 g/mol. The fourth-order valence-corrected chi connectivity index (χ4v) is 2.94. The Bertz CT molecular complexity index is 646. The van der Waals surface area contributed by atoms with Gasteiger partial charge in [-0.1, -0.05) is 23.3 Å². The molecule has 0 aromatic heterocycles. The average molecular weight is 301 g/mol. The summed E-state index contributed by atoms with van der Waals surface area (Å²) in [5.41, 5.74) is 5.09. The quantitative estimate of drug-likeness (QED) is 0.837. The maximum atomic E-state index is 12.6. The van der Waals surface area contributed by atoms with E-state index in [1.807, 2.05) is 45.9 Å². The van der Waals surface area contributed by atoms with E-state index in [2.05, 4.69) is 5.32 Å². The number of allylic oxidation sites excluding steroid dienone is 2. The number of nitrogens with one attached hydrogen (secondary N) is 1. The van der Waals surface area contributed by atoms with Crippen molar-refractivity contribution >= 4 is 17.6 Å². The topological polar surface area (TPSA) is 66.4 Å². The number of carbonyl (C=O) groups is 2. The lowest BCUT2D eigenvalue weighted by atomic mass is 9.76. The molecule has 0 bridgehead atoms. The number of anilines is 1. The molecule has 2 N–H and O–H groups in total. The summed E-state index contributed by atoms with van der Waals surface area (Å²) < 4.78 is 0. The molecule has 22 heavy (non-hydrogen) atoms. The third-order valence-corrected chi connectivity index (χ3v) is 4.78. The van der Waals surface area contributed by atoms with Crippen LogP contribution in [0.1, 0.15) is 37.8 Å². The number of hydrogen-bond donors (Lipinski definition) is 2. The smallest absolute Gasteiger partial charge is 0.307 e. The second-order valence-corrected chi connectivity index (χ2v) is 6.26. The summed E-state index contributed by atoms with van der Waals surface area (Å²) in [5.74, 6) is -2.25. The summed E-state index contributed by atoms with van der Waals surface area (Å²) in [7, 11) is 0. The summed E-state index contributed by atoms with van der Waals surface area (Å²) in [5, 5.41) is 12.3. The molecule has 4 heteroatoms. The first kappa shape index (κ1) is 16.3. The molecule has 0 fully saturated rings. The highest BCUT2D eigenvalue weighted by molar-refractivity contribution is 5.96. The maximum Gasteiger partial charge on any atom is 0.307 e. The molecule has 4 nitrogen and oxygen atoms in total. The van der Waals surface area contributed by atoms with Gasteiger partial charge >= 0.3 is 5.97 Å². The molecule has 1 aromatic rings. The van der Waals surface area contributed by atoms with Crippen molar-refractivity contribution < 1.29 is 14.7 Å². The number of benzene rings is 1. The molecule has 118 valence electrons. The van der Waals surface area contributed by atoms with E-state index in [-0.39, 0.29) is 5.91 Å². The van der Waals surface area contributed by atoms with Gasteiger partial charge in [0.15, 0.2) is 0 Å². The van der Waals surface area contributed by atoms with E-state index in [1.165, 1.54) is 0 Å². The molecule has 0 aliphatic heterocycles. The predicted octanol–water partition coefficient (Wildman–Crippen LogP) is 3.69. The van der Waals surface area contributed by atoms with Crippen molar-refractivity contribution in [2.45, 2.75) is 40.5 Å². The van der Waals surface area contributed by atoms with Gasteiger partial charge in [-0.15, -0.1) is 0 Å². The summed E-state index contributed by atoms with van der Waals surface area (Å²) in [4.78, 5) is 24.1. The van der Waals surface area contributed by atoms with Crippen LogP contribution in [-0.4, -0.2) is 17.0 Å². The minimum absolute atomic E-state index is 0.201. The molecule has 0 spiro atoms. The summed E-state index contributed by atoms with van der Waals surface area (Å²) in [6.45, 7) is 7.87. The van der Waals surface area contributed by atoms with Crippen LogP contribution in [0.3, 0.4) is 0 Å². The van der Waals surface area contributed by atoms with Crippen molar-refractivity contribution in [3.63, 3.8) is 0 Å². The van der Waals surface area contributed by atoms with Crippen LogP contribution in [0.4, 0.5) is 5.69 Å². The van der Waals surface area contributed by atoms with E-state index in [9.17, 15) is 14.7 Å². The number of carbonyl (C=O) groups excluding carboxylic acids is 1. The van der Waals surface area contributed by atoms with Gasteiger partial charge < -0.3 is 10.4 Å². The molecule has 1 aliphatic rings. The standard InChI is InChI=1S/C18H23NO3/c1-10-6-5-7-16(13(10)4)19-17(20)14-8-11(2)12(3)9-15(14)18(21)22/h5-7,14-15H,8-9H2,1-4H3,(H,19,20)(H,21,22). The number of amides is 1. The van der Waals surface area contributed by atoms with Crippen molar-refractivity contribution in [1.29, 1.82) is 0 Å². The molecule has 1 aromatic carbocycles. The first-order valence-electron chi connectivity index (χ1n) is 7.56. The molecule has 2 rings (SSSR count). The lowest BCUT2D eigenvalue weighted by molar-refractivity contribution is -0.146. The molecule has 1 amide bonds. The zero-order valence-electron chi connectivity index (χ0n) is 13.6. The number of aliphatic carboxylic acids is 1. The van der Waals surface area contributed by atoms with Crippen molar-refractivity contribution in [3.8, 4) is 0 Å². The third kappa shape index (κ3) is 3.21. The largest absolute Gasteiger partial charge is 0.481 e. The van der Waals surface area contributed by atoms with Gasteiger partial charge in [0.1, 0.15) is 0 Å². The minimum atomic E-state index is -0.895. The molecule has 1 aliphatic carbocycles. The Morgan fingerprint density at radius 2 is 1.64 bits per heavy atom. The van der Waals surface area contributed by atoms with Gasteiger partial charge in [0, 0.05) is 5.69 Å². The monoisotopic (exact) mass is 301 g/mol. The maximum absolute atomic E-state index is 12.6. The number of rotatable bonds is 3. The van der Waals surface area contributed by atoms with E-state index < -0.39 is 17.8 Å².